The molecule has 1 aliphatic rings. The van der Waals surface area contributed by atoms with Gasteiger partial charge in [-0.3, -0.25) is 4.79 Å². The molecule has 0 heterocycles. The van der Waals surface area contributed by atoms with E-state index in [1.807, 2.05) is 6.07 Å². The van der Waals surface area contributed by atoms with Crippen molar-refractivity contribution in [3.8, 4) is 0 Å². The molecule has 0 aromatic heterocycles. The minimum Gasteiger partial charge on any atom is -0.381 e. The van der Waals surface area contributed by atoms with Gasteiger partial charge in [-0.1, -0.05) is 18.2 Å². The van der Waals surface area contributed by atoms with Crippen LogP contribution in [-0.2, 0) is 0 Å². The zero-order chi connectivity index (χ0) is 14.8. The highest BCUT2D eigenvalue weighted by atomic mass is 79.9. The summed E-state index contributed by atoms with van der Waals surface area (Å²) in [5.41, 5.74) is 1.29. The molecule has 0 atom stereocenters. The van der Waals surface area contributed by atoms with E-state index in [-0.39, 0.29) is 11.6 Å². The lowest BCUT2D eigenvalue weighted by atomic mass is 10.2. The number of hydrogen-bond acceptors (Lipinski definition) is 2. The number of anilines is 2. The Kier molecular flexibility index (Phi) is 3.92. The molecule has 2 N–H and O–H groups in total. The second kappa shape index (κ2) is 5.85. The maximum atomic E-state index is 14.0. The van der Waals surface area contributed by atoms with Crippen LogP contribution >= 0.6 is 15.9 Å². The van der Waals surface area contributed by atoms with Crippen LogP contribution in [0.25, 0.3) is 0 Å². The Morgan fingerprint density at radius 2 is 1.90 bits per heavy atom. The van der Waals surface area contributed by atoms with Crippen LogP contribution in [0.15, 0.2) is 46.9 Å². The Balaban J connectivity index is 1.87. The summed E-state index contributed by atoms with van der Waals surface area (Å²) in [5, 5.41) is 5.89. The number of halogens is 2. The highest BCUT2D eigenvalue weighted by Gasteiger charge is 2.23. The number of amides is 1. The Bertz CT molecular complexity index is 686. The second-order valence-corrected chi connectivity index (χ2v) is 5.87. The van der Waals surface area contributed by atoms with Crippen molar-refractivity contribution >= 4 is 33.2 Å². The number of para-hydroxylation sites is 1. The first-order valence-electron chi connectivity index (χ1n) is 6.76. The van der Waals surface area contributed by atoms with Gasteiger partial charge in [0.25, 0.3) is 5.91 Å². The molecule has 0 spiro atoms. The average molecular weight is 349 g/mol. The summed E-state index contributed by atoms with van der Waals surface area (Å²) in [4.78, 5) is 12.3. The van der Waals surface area contributed by atoms with Gasteiger partial charge < -0.3 is 10.6 Å². The quantitative estimate of drug-likeness (QED) is 0.858. The molecule has 21 heavy (non-hydrogen) atoms. The van der Waals surface area contributed by atoms with E-state index >= 15 is 0 Å². The number of benzene rings is 2. The van der Waals surface area contributed by atoms with E-state index in [1.165, 1.54) is 6.07 Å². The maximum absolute atomic E-state index is 14.0. The zero-order valence-corrected chi connectivity index (χ0v) is 12.8. The van der Waals surface area contributed by atoms with E-state index in [9.17, 15) is 9.18 Å². The predicted molar refractivity (Wildman–Crippen MR) is 85.1 cm³/mol. The summed E-state index contributed by atoms with van der Waals surface area (Å²) in [7, 11) is 0. The Hall–Kier alpha value is -1.88. The smallest absolute Gasteiger partial charge is 0.256 e. The normalized spacial score (nSPS) is 13.8. The molecule has 0 aliphatic heterocycles. The summed E-state index contributed by atoms with van der Waals surface area (Å²) in [6, 6.07) is 12.2. The lowest BCUT2D eigenvalue weighted by Crippen LogP contribution is -2.16. The fourth-order valence-corrected chi connectivity index (χ4v) is 2.51. The largest absolute Gasteiger partial charge is 0.381 e. The number of carbonyl (C=O) groups is 1. The summed E-state index contributed by atoms with van der Waals surface area (Å²) < 4.78 is 14.7. The van der Waals surface area contributed by atoms with Gasteiger partial charge in [0.2, 0.25) is 0 Å². The molecule has 0 bridgehead atoms. The van der Waals surface area contributed by atoms with Crippen LogP contribution in [0.1, 0.15) is 23.2 Å². The number of nitrogens with one attached hydrogen (secondary N) is 2. The second-order valence-electron chi connectivity index (χ2n) is 5.01. The van der Waals surface area contributed by atoms with Crippen LogP contribution < -0.4 is 10.6 Å². The molecule has 108 valence electrons. The van der Waals surface area contributed by atoms with Crippen LogP contribution in [0.4, 0.5) is 15.8 Å². The van der Waals surface area contributed by atoms with Crippen molar-refractivity contribution in [2.45, 2.75) is 18.9 Å². The van der Waals surface area contributed by atoms with Crippen LogP contribution in [0.3, 0.4) is 0 Å². The van der Waals surface area contributed by atoms with Crippen molar-refractivity contribution in [2.24, 2.45) is 0 Å². The number of carbonyl (C=O) groups excluding carboxylic acids is 1. The molecule has 2 aromatic carbocycles. The summed E-state index contributed by atoms with van der Waals surface area (Å²) in [6.07, 6.45) is 2.16. The SMILES string of the molecule is O=C(Nc1c(F)cccc1NC1CC1)c1ccccc1Br. The van der Waals surface area contributed by atoms with Gasteiger partial charge in [0.15, 0.2) is 0 Å². The molecular formula is C16H14BrFN2O. The molecular weight excluding hydrogens is 335 g/mol. The fraction of sp³-hybridized carbons (Fsp3) is 0.188. The third-order valence-electron chi connectivity index (χ3n) is 3.31. The lowest BCUT2D eigenvalue weighted by molar-refractivity contribution is 0.102. The van der Waals surface area contributed by atoms with Crippen molar-refractivity contribution in [1.82, 2.24) is 0 Å². The average Bonchev–Trinajstić information content (AvgIpc) is 3.27. The highest BCUT2D eigenvalue weighted by molar-refractivity contribution is 9.10. The highest BCUT2D eigenvalue weighted by Crippen LogP contribution is 2.31. The van der Waals surface area contributed by atoms with Crippen LogP contribution in [0.2, 0.25) is 0 Å². The Labute approximate surface area is 130 Å². The molecule has 1 fully saturated rings. The molecule has 0 saturated heterocycles. The summed E-state index contributed by atoms with van der Waals surface area (Å²) in [6.45, 7) is 0. The zero-order valence-electron chi connectivity index (χ0n) is 11.2. The fourth-order valence-electron chi connectivity index (χ4n) is 2.05. The third-order valence-corrected chi connectivity index (χ3v) is 4.00. The summed E-state index contributed by atoms with van der Waals surface area (Å²) >= 11 is 3.33. The predicted octanol–water partition coefficient (Wildman–Crippen LogP) is 4.41. The van der Waals surface area contributed by atoms with Crippen molar-refractivity contribution in [1.29, 1.82) is 0 Å². The first-order chi connectivity index (χ1) is 10.1. The van der Waals surface area contributed by atoms with E-state index in [0.29, 0.717) is 21.8 Å². The van der Waals surface area contributed by atoms with Crippen LogP contribution in [-0.4, -0.2) is 11.9 Å². The Morgan fingerprint density at radius 3 is 2.62 bits per heavy atom. The molecule has 2 aromatic rings. The first-order valence-corrected chi connectivity index (χ1v) is 7.55. The summed E-state index contributed by atoms with van der Waals surface area (Å²) in [5.74, 6) is -0.785. The molecule has 0 unspecified atom stereocenters. The lowest BCUT2D eigenvalue weighted by Gasteiger charge is -2.14. The minimum atomic E-state index is -0.443. The number of rotatable bonds is 4. The van der Waals surface area contributed by atoms with Gasteiger partial charge in [0, 0.05) is 10.5 Å². The third kappa shape index (κ3) is 3.24. The standard InChI is InChI=1S/C16H14BrFN2O/c17-12-5-2-1-4-11(12)16(21)20-15-13(18)6-3-7-14(15)19-10-8-9-10/h1-7,10,19H,8-9H2,(H,20,21). The monoisotopic (exact) mass is 348 g/mol. The Morgan fingerprint density at radius 1 is 1.14 bits per heavy atom. The number of hydrogen-bond donors (Lipinski definition) is 2. The molecule has 0 radical (unpaired) electrons. The molecule has 1 amide bonds. The van der Waals surface area contributed by atoms with E-state index in [0.717, 1.165) is 12.8 Å². The van der Waals surface area contributed by atoms with Gasteiger partial charge in [-0.2, -0.15) is 0 Å². The molecule has 1 aliphatic carbocycles. The van der Waals surface area contributed by atoms with Gasteiger partial charge >= 0.3 is 0 Å². The molecule has 3 rings (SSSR count). The minimum absolute atomic E-state index is 0.199. The van der Waals surface area contributed by atoms with Gasteiger partial charge in [-0.05, 0) is 53.0 Å². The van der Waals surface area contributed by atoms with Crippen molar-refractivity contribution in [3.63, 3.8) is 0 Å². The van der Waals surface area contributed by atoms with Gasteiger partial charge in [-0.15, -0.1) is 0 Å². The van der Waals surface area contributed by atoms with E-state index in [2.05, 4.69) is 26.6 Å². The molecule has 3 nitrogen and oxygen atoms in total. The van der Waals surface area contributed by atoms with Crippen LogP contribution in [0, 0.1) is 5.82 Å². The van der Waals surface area contributed by atoms with Crippen molar-refractivity contribution < 1.29 is 9.18 Å². The van der Waals surface area contributed by atoms with Crippen molar-refractivity contribution in [3.05, 3.63) is 58.3 Å². The van der Waals surface area contributed by atoms with Crippen molar-refractivity contribution in [2.75, 3.05) is 10.6 Å². The van der Waals surface area contributed by atoms with Gasteiger partial charge in [0.1, 0.15) is 11.5 Å². The van der Waals surface area contributed by atoms with E-state index in [1.54, 1.807) is 30.3 Å². The maximum Gasteiger partial charge on any atom is 0.256 e. The first kappa shape index (κ1) is 14.1. The van der Waals surface area contributed by atoms with E-state index < -0.39 is 5.82 Å². The van der Waals surface area contributed by atoms with Crippen LogP contribution in [0.5, 0.6) is 0 Å². The topological polar surface area (TPSA) is 41.1 Å². The van der Waals surface area contributed by atoms with Gasteiger partial charge in [-0.25, -0.2) is 4.39 Å². The van der Waals surface area contributed by atoms with E-state index in [4.69, 9.17) is 0 Å². The molecule has 1 saturated carbocycles. The van der Waals surface area contributed by atoms with Gasteiger partial charge in [0.05, 0.1) is 11.3 Å². The molecule has 5 heteroatoms.